The third-order valence-electron chi connectivity index (χ3n) is 5.37. The zero-order chi connectivity index (χ0) is 26.1. The lowest BCUT2D eigenvalue weighted by Gasteiger charge is -2.19. The van der Waals surface area contributed by atoms with Gasteiger partial charge in [0.2, 0.25) is 0 Å². The Morgan fingerprint density at radius 1 is 1.14 bits per heavy atom. The fraction of sp³-hybridized carbons (Fsp3) is 0.292. The number of halogens is 3. The van der Waals surface area contributed by atoms with Crippen molar-refractivity contribution in [2.24, 2.45) is 5.92 Å². The Hall–Kier alpha value is -3.47. The molecule has 1 atom stereocenters. The molecule has 0 aliphatic heterocycles. The number of phenols is 2. The fourth-order valence-electron chi connectivity index (χ4n) is 3.64. The maximum Gasteiger partial charge on any atom is 0.534 e. The second-order valence-corrected chi connectivity index (χ2v) is 9.69. The molecule has 2 aromatic carbocycles. The zero-order valence-electron chi connectivity index (χ0n) is 18.8. The first-order valence-corrected chi connectivity index (χ1v) is 11.9. The molecule has 0 heterocycles. The van der Waals surface area contributed by atoms with Crippen LogP contribution in [0.4, 0.5) is 13.2 Å². The summed E-state index contributed by atoms with van der Waals surface area (Å²) in [7, 11) is -6.01. The van der Waals surface area contributed by atoms with Gasteiger partial charge in [0.15, 0.2) is 0 Å². The Morgan fingerprint density at radius 2 is 1.77 bits per heavy atom. The summed E-state index contributed by atoms with van der Waals surface area (Å²) >= 11 is 0. The molecule has 0 unspecified atom stereocenters. The molecule has 1 aliphatic carbocycles. The molecule has 3 rings (SSSR count). The van der Waals surface area contributed by atoms with E-state index in [2.05, 4.69) is 10.8 Å². The van der Waals surface area contributed by atoms with Crippen LogP contribution in [0, 0.1) is 12.8 Å². The van der Waals surface area contributed by atoms with Gasteiger partial charge in [-0.25, -0.2) is 0 Å². The number of rotatable bonds is 6. The molecular formula is C24H23F3O7S. The number of esters is 1. The third-order valence-corrected chi connectivity index (χ3v) is 6.35. The summed E-state index contributed by atoms with van der Waals surface area (Å²) in [6, 6.07) is 4.29. The number of hydrogen-bond acceptors (Lipinski definition) is 7. The van der Waals surface area contributed by atoms with Gasteiger partial charge in [-0.2, -0.15) is 21.6 Å². The zero-order valence-corrected chi connectivity index (χ0v) is 19.7. The van der Waals surface area contributed by atoms with E-state index in [1.807, 2.05) is 6.08 Å². The fourth-order valence-corrected chi connectivity index (χ4v) is 4.08. The molecule has 188 valence electrons. The second-order valence-electron chi connectivity index (χ2n) is 8.15. The van der Waals surface area contributed by atoms with Gasteiger partial charge in [-0.15, -0.1) is 0 Å². The molecule has 2 aromatic rings. The number of carbonyl (C=O) groups is 1. The highest BCUT2D eigenvalue weighted by molar-refractivity contribution is 7.88. The molecule has 0 radical (unpaired) electrons. The average molecular weight is 513 g/mol. The van der Waals surface area contributed by atoms with E-state index >= 15 is 0 Å². The van der Waals surface area contributed by atoms with Crippen LogP contribution in [0.15, 0.2) is 43.0 Å². The highest BCUT2D eigenvalue weighted by Gasteiger charge is 2.48. The van der Waals surface area contributed by atoms with Gasteiger partial charge in [0.05, 0.1) is 11.5 Å². The van der Waals surface area contributed by atoms with Crippen molar-refractivity contribution in [1.82, 2.24) is 0 Å². The van der Waals surface area contributed by atoms with E-state index in [1.165, 1.54) is 12.1 Å². The smallest absolute Gasteiger partial charge is 0.507 e. The van der Waals surface area contributed by atoms with Crippen LogP contribution in [0.25, 0.3) is 16.7 Å². The van der Waals surface area contributed by atoms with E-state index < -0.39 is 38.8 Å². The van der Waals surface area contributed by atoms with E-state index in [9.17, 15) is 36.6 Å². The number of phenolic OH excluding ortho intramolecular Hbond substituents is 2. The van der Waals surface area contributed by atoms with E-state index in [1.54, 1.807) is 19.9 Å². The lowest BCUT2D eigenvalue weighted by Crippen LogP contribution is -2.28. The monoisotopic (exact) mass is 512 g/mol. The minimum absolute atomic E-state index is 0.198. The maximum absolute atomic E-state index is 12.6. The highest BCUT2D eigenvalue weighted by atomic mass is 32.2. The number of aryl methyl sites for hydroxylation is 1. The van der Waals surface area contributed by atoms with Gasteiger partial charge in [-0.3, -0.25) is 4.79 Å². The van der Waals surface area contributed by atoms with Crippen LogP contribution < -0.4 is 8.92 Å². The number of alkyl halides is 3. The minimum atomic E-state index is -6.01. The minimum Gasteiger partial charge on any atom is -0.507 e. The Kier molecular flexibility index (Phi) is 7.21. The maximum atomic E-state index is 12.6. The lowest BCUT2D eigenvalue weighted by molar-refractivity contribution is -0.137. The molecule has 0 saturated carbocycles. The van der Waals surface area contributed by atoms with Crippen LogP contribution in [0.5, 0.6) is 23.0 Å². The summed E-state index contributed by atoms with van der Waals surface area (Å²) < 4.78 is 69.9. The summed E-state index contributed by atoms with van der Waals surface area (Å²) in [5, 5.41) is 20.9. The van der Waals surface area contributed by atoms with Crippen molar-refractivity contribution in [2.45, 2.75) is 38.6 Å². The first kappa shape index (κ1) is 26.1. The third kappa shape index (κ3) is 5.61. The molecule has 0 aromatic heterocycles. The van der Waals surface area contributed by atoms with E-state index in [4.69, 9.17) is 4.74 Å². The van der Waals surface area contributed by atoms with Gasteiger partial charge >= 0.3 is 21.6 Å². The lowest BCUT2D eigenvalue weighted by atomic mass is 9.92. The molecule has 0 fully saturated rings. The van der Waals surface area contributed by atoms with Crippen molar-refractivity contribution in [1.29, 1.82) is 0 Å². The van der Waals surface area contributed by atoms with E-state index in [-0.39, 0.29) is 22.8 Å². The van der Waals surface area contributed by atoms with Crippen LogP contribution in [0.3, 0.4) is 0 Å². The van der Waals surface area contributed by atoms with Crippen molar-refractivity contribution in [3.8, 4) is 34.1 Å². The molecule has 2 N–H and O–H groups in total. The molecule has 0 spiro atoms. The normalized spacial score (nSPS) is 16.1. The van der Waals surface area contributed by atoms with Crippen LogP contribution in [0.2, 0.25) is 0 Å². The summed E-state index contributed by atoms with van der Waals surface area (Å²) in [4.78, 5) is 12.6. The first-order valence-electron chi connectivity index (χ1n) is 10.5. The summed E-state index contributed by atoms with van der Waals surface area (Å²) in [5.41, 5.74) is -4.35. The van der Waals surface area contributed by atoms with Gasteiger partial charge in [0.1, 0.15) is 23.0 Å². The van der Waals surface area contributed by atoms with Gasteiger partial charge in [-0.05, 0) is 61.9 Å². The van der Waals surface area contributed by atoms with Crippen molar-refractivity contribution in [3.63, 3.8) is 0 Å². The highest BCUT2D eigenvalue weighted by Crippen LogP contribution is 2.45. The second kappa shape index (κ2) is 9.65. The molecule has 0 saturated heterocycles. The van der Waals surface area contributed by atoms with Crippen molar-refractivity contribution >= 4 is 21.7 Å². The standard InChI is InChI=1S/C24H23F3O7S/c1-13(2)17-12-21(33-23(30)15-7-5-4-6-8-15)14(3)9-18(17)22-19(28)10-16(11-20(22)29)34-35(31,32)24(25,26)27/h5,7,9-12,15,28-29H,1,4,6,8H2,2-3H3/t15-/m0/s1. The van der Waals surface area contributed by atoms with Gasteiger partial charge in [0.25, 0.3) is 0 Å². The Bertz CT molecular complexity index is 1290. The summed E-state index contributed by atoms with van der Waals surface area (Å²) in [6.45, 7) is 7.12. The largest absolute Gasteiger partial charge is 0.534 e. The number of ether oxygens (including phenoxy) is 1. The van der Waals surface area contributed by atoms with Crippen molar-refractivity contribution in [2.75, 3.05) is 0 Å². The average Bonchev–Trinajstić information content (AvgIpc) is 2.74. The van der Waals surface area contributed by atoms with Gasteiger partial charge < -0.3 is 19.1 Å². The quantitative estimate of drug-likeness (QED) is 0.171. The molecule has 1 aliphatic rings. The molecule has 0 amide bonds. The Labute approximate surface area is 200 Å². The molecular weight excluding hydrogens is 489 g/mol. The molecule has 35 heavy (non-hydrogen) atoms. The van der Waals surface area contributed by atoms with Gasteiger partial charge in [-0.1, -0.05) is 24.3 Å². The number of hydrogen-bond donors (Lipinski definition) is 2. The van der Waals surface area contributed by atoms with Crippen LogP contribution >= 0.6 is 0 Å². The number of allylic oxidation sites excluding steroid dienone is 2. The SMILES string of the molecule is C=C(C)c1cc(OC(=O)[C@H]2C=CCCC2)c(C)cc1-c1c(O)cc(OS(=O)(=O)C(F)(F)F)cc1O. The van der Waals surface area contributed by atoms with E-state index in [0.29, 0.717) is 35.3 Å². The van der Waals surface area contributed by atoms with Crippen molar-refractivity contribution < 1.29 is 45.5 Å². The van der Waals surface area contributed by atoms with E-state index in [0.717, 1.165) is 12.8 Å². The van der Waals surface area contributed by atoms with Crippen molar-refractivity contribution in [3.05, 3.63) is 54.1 Å². The first-order chi connectivity index (χ1) is 16.2. The molecule has 11 heteroatoms. The molecule has 0 bridgehead atoms. The predicted molar refractivity (Wildman–Crippen MR) is 122 cm³/mol. The van der Waals surface area contributed by atoms with Crippen LogP contribution in [0.1, 0.15) is 37.3 Å². The topological polar surface area (TPSA) is 110 Å². The Morgan fingerprint density at radius 3 is 2.29 bits per heavy atom. The Balaban J connectivity index is 2.02. The number of carbonyl (C=O) groups excluding carboxylic acids is 1. The number of aromatic hydroxyl groups is 2. The summed E-state index contributed by atoms with van der Waals surface area (Å²) in [5.74, 6) is -2.97. The van der Waals surface area contributed by atoms with Crippen LogP contribution in [-0.4, -0.2) is 30.1 Å². The predicted octanol–water partition coefficient (Wildman–Crippen LogP) is 5.60. The van der Waals surface area contributed by atoms with Gasteiger partial charge in [0, 0.05) is 12.1 Å². The van der Waals surface area contributed by atoms with Crippen LogP contribution in [-0.2, 0) is 14.9 Å². The molecule has 7 nitrogen and oxygen atoms in total. The number of benzene rings is 2. The summed E-state index contributed by atoms with van der Waals surface area (Å²) in [6.07, 6.45) is 6.15.